The molecule has 1 rings (SSSR count). The van der Waals surface area contributed by atoms with Crippen molar-refractivity contribution in [1.82, 2.24) is 0 Å². The Labute approximate surface area is 155 Å². The van der Waals surface area contributed by atoms with E-state index in [0.29, 0.717) is 32.3 Å². The van der Waals surface area contributed by atoms with Gasteiger partial charge in [0, 0.05) is 19.7 Å². The second kappa shape index (κ2) is 8.83. The molecule has 0 atom stereocenters. The minimum absolute atomic E-state index is 0.337. The van der Waals surface area contributed by atoms with Crippen LogP contribution in [-0.2, 0) is 9.31 Å². The average Bonchev–Trinajstić information content (AvgIpc) is 2.49. The van der Waals surface area contributed by atoms with Crippen LogP contribution in [0.5, 0.6) is 5.75 Å². The molecule has 0 radical (unpaired) electrons. The van der Waals surface area contributed by atoms with Crippen molar-refractivity contribution in [2.24, 2.45) is 0 Å². The van der Waals surface area contributed by atoms with Crippen LogP contribution in [0.4, 0.5) is 4.39 Å². The summed E-state index contributed by atoms with van der Waals surface area (Å²) in [6.07, 6.45) is 0. The van der Waals surface area contributed by atoms with E-state index in [1.54, 1.807) is 12.1 Å². The largest absolute Gasteiger partial charge is 0.543 e. The SMILES string of the molecule is COB(OC)c1cc(O[Si](C(C)C)(C(C)C)C(C)C)cc(Br)c1F. The molecule has 136 valence electrons. The summed E-state index contributed by atoms with van der Waals surface area (Å²) < 4.78 is 31.9. The molecule has 24 heavy (non-hydrogen) atoms. The number of hydrogen-bond donors (Lipinski definition) is 0. The van der Waals surface area contributed by atoms with Crippen molar-refractivity contribution < 1.29 is 18.1 Å². The molecule has 0 saturated carbocycles. The van der Waals surface area contributed by atoms with Gasteiger partial charge in [-0.3, -0.25) is 0 Å². The Hall–Kier alpha value is -0.368. The molecule has 3 nitrogen and oxygen atoms in total. The first-order valence-corrected chi connectivity index (χ1v) is 11.3. The molecule has 0 spiro atoms. The first kappa shape index (κ1) is 21.7. The van der Waals surface area contributed by atoms with Gasteiger partial charge in [-0.05, 0) is 44.7 Å². The summed E-state index contributed by atoms with van der Waals surface area (Å²) in [6, 6.07) is 3.41. The van der Waals surface area contributed by atoms with Gasteiger partial charge < -0.3 is 13.7 Å². The van der Waals surface area contributed by atoms with Crippen LogP contribution in [-0.4, -0.2) is 29.7 Å². The fraction of sp³-hybridized carbons (Fsp3) is 0.647. The van der Waals surface area contributed by atoms with E-state index in [2.05, 4.69) is 57.5 Å². The lowest BCUT2D eigenvalue weighted by Gasteiger charge is -2.42. The zero-order chi connectivity index (χ0) is 18.7. The smallest absolute Gasteiger partial charge is 0.496 e. The molecule has 0 unspecified atom stereocenters. The first-order valence-electron chi connectivity index (χ1n) is 8.35. The van der Waals surface area contributed by atoms with Crippen molar-refractivity contribution in [2.45, 2.75) is 58.2 Å². The molecule has 0 N–H and O–H groups in total. The summed E-state index contributed by atoms with van der Waals surface area (Å²) in [5.41, 5.74) is 1.64. The topological polar surface area (TPSA) is 27.7 Å². The highest BCUT2D eigenvalue weighted by molar-refractivity contribution is 9.10. The predicted molar refractivity (Wildman–Crippen MR) is 105 cm³/mol. The third-order valence-electron chi connectivity index (χ3n) is 4.71. The highest BCUT2D eigenvalue weighted by Crippen LogP contribution is 2.43. The van der Waals surface area contributed by atoms with E-state index >= 15 is 0 Å². The van der Waals surface area contributed by atoms with Crippen LogP contribution < -0.4 is 9.89 Å². The van der Waals surface area contributed by atoms with Crippen LogP contribution >= 0.6 is 15.9 Å². The fourth-order valence-corrected chi connectivity index (χ4v) is 9.41. The Balaban J connectivity index is 3.40. The van der Waals surface area contributed by atoms with Gasteiger partial charge in [-0.25, -0.2) is 4.39 Å². The monoisotopic (exact) mass is 418 g/mol. The molecule has 0 amide bonds. The minimum Gasteiger partial charge on any atom is -0.543 e. The van der Waals surface area contributed by atoms with Gasteiger partial charge in [0.05, 0.1) is 4.47 Å². The zero-order valence-electron chi connectivity index (χ0n) is 15.9. The highest BCUT2D eigenvalue weighted by Gasteiger charge is 2.47. The maximum atomic E-state index is 14.5. The summed E-state index contributed by atoms with van der Waals surface area (Å²) in [5, 5.41) is 0. The molecule has 0 heterocycles. The normalized spacial score (nSPS) is 12.4. The van der Waals surface area contributed by atoms with E-state index in [1.807, 2.05) is 0 Å². The van der Waals surface area contributed by atoms with Crippen LogP contribution in [0.2, 0.25) is 16.6 Å². The Morgan fingerprint density at radius 2 is 1.42 bits per heavy atom. The van der Waals surface area contributed by atoms with Gasteiger partial charge in [0.15, 0.2) is 0 Å². The van der Waals surface area contributed by atoms with Crippen molar-refractivity contribution in [2.75, 3.05) is 14.2 Å². The van der Waals surface area contributed by atoms with Gasteiger partial charge in [-0.2, -0.15) is 0 Å². The molecule has 1 aromatic carbocycles. The number of benzene rings is 1. The molecule has 0 aliphatic rings. The molecule has 0 aliphatic heterocycles. The first-order chi connectivity index (χ1) is 11.1. The Kier molecular flexibility index (Phi) is 7.97. The van der Waals surface area contributed by atoms with Crippen LogP contribution in [0.15, 0.2) is 16.6 Å². The van der Waals surface area contributed by atoms with Crippen molar-refractivity contribution >= 4 is 36.8 Å². The van der Waals surface area contributed by atoms with Gasteiger partial charge in [-0.1, -0.05) is 41.5 Å². The summed E-state index contributed by atoms with van der Waals surface area (Å²) in [6.45, 7) is 13.3. The maximum absolute atomic E-state index is 14.5. The Morgan fingerprint density at radius 3 is 1.79 bits per heavy atom. The zero-order valence-corrected chi connectivity index (χ0v) is 18.5. The maximum Gasteiger partial charge on any atom is 0.496 e. The number of rotatable bonds is 8. The van der Waals surface area contributed by atoms with E-state index in [9.17, 15) is 4.39 Å². The van der Waals surface area contributed by atoms with Gasteiger partial charge in [0.1, 0.15) is 11.6 Å². The molecule has 0 saturated heterocycles. The lowest BCUT2D eigenvalue weighted by atomic mass is 9.78. The van der Waals surface area contributed by atoms with E-state index in [-0.39, 0.29) is 5.82 Å². The van der Waals surface area contributed by atoms with Crippen molar-refractivity contribution in [3.8, 4) is 5.75 Å². The van der Waals surface area contributed by atoms with E-state index < -0.39 is 15.4 Å². The summed E-state index contributed by atoms with van der Waals surface area (Å²) in [5.74, 6) is 0.280. The summed E-state index contributed by atoms with van der Waals surface area (Å²) >= 11 is 3.29. The molecule has 1 aromatic rings. The van der Waals surface area contributed by atoms with Crippen molar-refractivity contribution in [3.63, 3.8) is 0 Å². The minimum atomic E-state index is -2.11. The van der Waals surface area contributed by atoms with Crippen LogP contribution in [0.3, 0.4) is 0 Å². The van der Waals surface area contributed by atoms with Crippen LogP contribution in [0.1, 0.15) is 41.5 Å². The predicted octanol–water partition coefficient (Wildman–Crippen LogP) is 5.13. The summed E-state index contributed by atoms with van der Waals surface area (Å²) in [4.78, 5) is 0. The lowest BCUT2D eigenvalue weighted by molar-refractivity contribution is 0.290. The van der Waals surface area contributed by atoms with Crippen molar-refractivity contribution in [3.05, 3.63) is 22.4 Å². The third kappa shape index (κ3) is 4.23. The van der Waals surface area contributed by atoms with E-state index in [4.69, 9.17) is 13.7 Å². The van der Waals surface area contributed by atoms with Crippen molar-refractivity contribution in [1.29, 1.82) is 0 Å². The molecule has 7 heteroatoms. The van der Waals surface area contributed by atoms with E-state index in [1.165, 1.54) is 14.2 Å². The molecule has 0 bridgehead atoms. The molecular formula is C17H29BBrFO3Si. The van der Waals surface area contributed by atoms with Gasteiger partial charge in [-0.15, -0.1) is 0 Å². The number of hydrogen-bond acceptors (Lipinski definition) is 3. The van der Waals surface area contributed by atoms with Crippen LogP contribution in [0, 0.1) is 5.82 Å². The fourth-order valence-electron chi connectivity index (χ4n) is 3.72. The van der Waals surface area contributed by atoms with E-state index in [0.717, 1.165) is 0 Å². The molecule has 0 aromatic heterocycles. The Bertz CT molecular complexity index is 529. The Morgan fingerprint density at radius 1 is 0.958 bits per heavy atom. The average molecular weight is 419 g/mol. The quantitative estimate of drug-likeness (QED) is 0.547. The molecular weight excluding hydrogens is 390 g/mol. The molecule has 0 aliphatic carbocycles. The third-order valence-corrected chi connectivity index (χ3v) is 11.3. The van der Waals surface area contributed by atoms with Crippen LogP contribution in [0.25, 0.3) is 0 Å². The summed E-state index contributed by atoms with van der Waals surface area (Å²) in [7, 11) is 0.104. The van der Waals surface area contributed by atoms with Gasteiger partial charge in [0.25, 0.3) is 8.32 Å². The second-order valence-electron chi connectivity index (χ2n) is 7.03. The van der Waals surface area contributed by atoms with Gasteiger partial charge in [0.2, 0.25) is 0 Å². The second-order valence-corrected chi connectivity index (χ2v) is 13.3. The standard InChI is InChI=1S/C17H29BBrFO3Si/c1-11(2)24(12(3)4,13(5)6)23-14-9-15(18(21-7)22-8)17(20)16(19)10-14/h9-13H,1-8H3. The molecule has 0 fully saturated rings. The highest BCUT2D eigenvalue weighted by atomic mass is 79.9. The lowest BCUT2D eigenvalue weighted by Crippen LogP contribution is -2.51. The van der Waals surface area contributed by atoms with Gasteiger partial charge >= 0.3 is 7.12 Å². The number of halogens is 2.